The number of nitrogens with one attached hydrogen (secondary N) is 3. The molecule has 0 aliphatic heterocycles. The van der Waals surface area contributed by atoms with E-state index in [0.29, 0.717) is 0 Å². The van der Waals surface area contributed by atoms with Crippen LogP contribution in [0.2, 0.25) is 0 Å². The third-order valence-corrected chi connectivity index (χ3v) is 5.22. The molecule has 5 nitrogen and oxygen atoms in total. The van der Waals surface area contributed by atoms with Crippen molar-refractivity contribution < 1.29 is 0 Å². The molecule has 0 aliphatic rings. The van der Waals surface area contributed by atoms with Gasteiger partial charge in [-0.25, -0.2) is 9.97 Å². The fraction of sp³-hybridized carbons (Fsp3) is 0.120. The van der Waals surface area contributed by atoms with Gasteiger partial charge in [0.1, 0.15) is 0 Å². The van der Waals surface area contributed by atoms with Crippen LogP contribution in [-0.2, 0) is 0 Å². The molecule has 0 atom stereocenters. The Morgan fingerprint density at radius 2 is 1.63 bits per heavy atom. The summed E-state index contributed by atoms with van der Waals surface area (Å²) in [6.45, 7) is 1.71. The summed E-state index contributed by atoms with van der Waals surface area (Å²) in [6, 6.07) is 25.4. The number of rotatable bonds is 7. The van der Waals surface area contributed by atoms with Crippen molar-refractivity contribution in [2.75, 3.05) is 23.7 Å². The second kappa shape index (κ2) is 8.25. The number of para-hydroxylation sites is 1. The van der Waals surface area contributed by atoms with Crippen molar-refractivity contribution in [2.24, 2.45) is 0 Å². The molecule has 3 N–H and O–H groups in total. The van der Waals surface area contributed by atoms with Gasteiger partial charge in [0.25, 0.3) is 0 Å². The molecule has 0 unspecified atom stereocenters. The van der Waals surface area contributed by atoms with E-state index in [2.05, 4.69) is 87.3 Å². The molecular formula is C25H23N5. The minimum atomic E-state index is 0.808. The van der Waals surface area contributed by atoms with E-state index in [1.54, 1.807) is 6.20 Å². The van der Waals surface area contributed by atoms with Crippen LogP contribution in [0.15, 0.2) is 85.2 Å². The van der Waals surface area contributed by atoms with Gasteiger partial charge in [-0.1, -0.05) is 54.6 Å². The van der Waals surface area contributed by atoms with Crippen molar-refractivity contribution in [3.63, 3.8) is 0 Å². The number of hydrogen-bond acceptors (Lipinski definition) is 4. The smallest absolute Gasteiger partial charge is 0.200 e. The lowest BCUT2D eigenvalue weighted by molar-refractivity contribution is 0.900. The normalized spacial score (nSPS) is 11.1. The first kappa shape index (κ1) is 18.2. The van der Waals surface area contributed by atoms with E-state index in [-0.39, 0.29) is 0 Å². The summed E-state index contributed by atoms with van der Waals surface area (Å²) in [7, 11) is 0. The number of anilines is 2. The van der Waals surface area contributed by atoms with Gasteiger partial charge in [-0.15, -0.1) is 0 Å². The van der Waals surface area contributed by atoms with Crippen molar-refractivity contribution in [3.8, 4) is 11.3 Å². The van der Waals surface area contributed by atoms with E-state index in [4.69, 9.17) is 4.98 Å². The van der Waals surface area contributed by atoms with Crippen LogP contribution in [0.25, 0.3) is 32.9 Å². The lowest BCUT2D eigenvalue weighted by Crippen LogP contribution is -2.10. The molecule has 148 valence electrons. The topological polar surface area (TPSA) is 65.6 Å². The Labute approximate surface area is 175 Å². The third-order valence-electron chi connectivity index (χ3n) is 5.22. The summed E-state index contributed by atoms with van der Waals surface area (Å²) in [5.74, 6) is 0.808. The number of pyridine rings is 1. The fourth-order valence-electron chi connectivity index (χ4n) is 3.70. The maximum Gasteiger partial charge on any atom is 0.200 e. The summed E-state index contributed by atoms with van der Waals surface area (Å²) >= 11 is 0. The quantitative estimate of drug-likeness (QED) is 0.311. The zero-order chi connectivity index (χ0) is 20.2. The molecule has 3 aromatic carbocycles. The maximum absolute atomic E-state index is 4.93. The van der Waals surface area contributed by atoms with E-state index in [1.165, 1.54) is 10.8 Å². The van der Waals surface area contributed by atoms with Crippen molar-refractivity contribution in [1.29, 1.82) is 0 Å². The highest BCUT2D eigenvalue weighted by Crippen LogP contribution is 2.30. The maximum atomic E-state index is 4.93. The van der Waals surface area contributed by atoms with Gasteiger partial charge in [0.15, 0.2) is 5.95 Å². The number of aromatic nitrogens is 3. The Morgan fingerprint density at radius 3 is 2.53 bits per heavy atom. The van der Waals surface area contributed by atoms with E-state index in [0.717, 1.165) is 53.3 Å². The first-order chi connectivity index (χ1) is 14.9. The molecule has 2 aromatic heterocycles. The van der Waals surface area contributed by atoms with Gasteiger partial charge in [0.2, 0.25) is 0 Å². The van der Waals surface area contributed by atoms with Gasteiger partial charge < -0.3 is 15.6 Å². The van der Waals surface area contributed by atoms with Crippen molar-refractivity contribution in [2.45, 2.75) is 6.42 Å². The number of fused-ring (bicyclic) bond motifs is 2. The number of hydrogen-bond donors (Lipinski definition) is 3. The molecule has 0 saturated heterocycles. The average Bonchev–Trinajstić information content (AvgIpc) is 3.32. The van der Waals surface area contributed by atoms with Gasteiger partial charge in [0.05, 0.1) is 11.2 Å². The van der Waals surface area contributed by atoms with Gasteiger partial charge >= 0.3 is 0 Å². The van der Waals surface area contributed by atoms with E-state index in [1.807, 2.05) is 12.3 Å². The Hall–Kier alpha value is -3.86. The molecule has 5 aromatic rings. The summed E-state index contributed by atoms with van der Waals surface area (Å²) in [5.41, 5.74) is 4.22. The van der Waals surface area contributed by atoms with Crippen LogP contribution in [0.1, 0.15) is 6.42 Å². The van der Waals surface area contributed by atoms with Gasteiger partial charge in [0, 0.05) is 42.1 Å². The predicted molar refractivity (Wildman–Crippen MR) is 125 cm³/mol. The van der Waals surface area contributed by atoms with E-state index in [9.17, 15) is 0 Å². The SMILES string of the molecule is c1ccc2cc(-c3cc(NCCCNc4ncc[nH]4)c4ccccc4n3)ccc2c1. The molecule has 0 aliphatic carbocycles. The zero-order valence-corrected chi connectivity index (χ0v) is 16.6. The lowest BCUT2D eigenvalue weighted by atomic mass is 10.0. The van der Waals surface area contributed by atoms with Crippen LogP contribution in [0, 0.1) is 0 Å². The monoisotopic (exact) mass is 393 g/mol. The highest BCUT2D eigenvalue weighted by molar-refractivity contribution is 5.95. The van der Waals surface area contributed by atoms with Crippen LogP contribution in [0.5, 0.6) is 0 Å². The molecule has 0 spiro atoms. The highest BCUT2D eigenvalue weighted by atomic mass is 15.1. The van der Waals surface area contributed by atoms with Crippen LogP contribution in [-0.4, -0.2) is 28.0 Å². The Bertz CT molecular complexity index is 1280. The number of H-pyrrole nitrogens is 1. The van der Waals surface area contributed by atoms with Crippen LogP contribution in [0.3, 0.4) is 0 Å². The molecule has 0 bridgehead atoms. The number of nitrogens with zero attached hydrogens (tertiary/aromatic N) is 2. The Kier molecular flexibility index (Phi) is 5.00. The van der Waals surface area contributed by atoms with Crippen LogP contribution < -0.4 is 10.6 Å². The molecule has 5 heteroatoms. The van der Waals surface area contributed by atoms with Crippen molar-refractivity contribution in [3.05, 3.63) is 85.2 Å². The number of aromatic amines is 1. The Balaban J connectivity index is 1.39. The second-order valence-electron chi connectivity index (χ2n) is 7.28. The minimum absolute atomic E-state index is 0.808. The summed E-state index contributed by atoms with van der Waals surface area (Å²) in [6.07, 6.45) is 4.54. The molecule has 0 saturated carbocycles. The standard InChI is InChI=1S/C25H23N5/c1-2-7-19-16-20(11-10-18(19)6-1)23-17-24(21-8-3-4-9-22(21)30-23)26-12-5-13-27-25-28-14-15-29-25/h1-4,6-11,14-17H,5,12-13H2,(H,26,30)(H2,27,28,29). The Morgan fingerprint density at radius 1 is 0.800 bits per heavy atom. The first-order valence-electron chi connectivity index (χ1n) is 10.2. The van der Waals surface area contributed by atoms with Gasteiger partial charge in [-0.3, -0.25) is 0 Å². The summed E-state index contributed by atoms with van der Waals surface area (Å²) in [5, 5.41) is 10.5. The summed E-state index contributed by atoms with van der Waals surface area (Å²) < 4.78 is 0. The molecule has 2 heterocycles. The second-order valence-corrected chi connectivity index (χ2v) is 7.28. The van der Waals surface area contributed by atoms with Crippen LogP contribution in [0.4, 0.5) is 11.6 Å². The van der Waals surface area contributed by atoms with Crippen LogP contribution >= 0.6 is 0 Å². The summed E-state index contributed by atoms with van der Waals surface area (Å²) in [4.78, 5) is 12.2. The lowest BCUT2D eigenvalue weighted by Gasteiger charge is -2.13. The minimum Gasteiger partial charge on any atom is -0.384 e. The molecule has 30 heavy (non-hydrogen) atoms. The van der Waals surface area contributed by atoms with E-state index < -0.39 is 0 Å². The predicted octanol–water partition coefficient (Wildman–Crippen LogP) is 5.69. The van der Waals surface area contributed by atoms with Crippen molar-refractivity contribution >= 4 is 33.3 Å². The first-order valence-corrected chi connectivity index (χ1v) is 10.2. The largest absolute Gasteiger partial charge is 0.384 e. The molecule has 0 radical (unpaired) electrons. The molecule has 0 fully saturated rings. The molecule has 5 rings (SSSR count). The fourth-order valence-corrected chi connectivity index (χ4v) is 3.70. The number of benzene rings is 3. The van der Waals surface area contributed by atoms with Gasteiger partial charge in [-0.2, -0.15) is 0 Å². The van der Waals surface area contributed by atoms with Gasteiger partial charge in [-0.05, 0) is 35.4 Å². The average molecular weight is 393 g/mol. The third kappa shape index (κ3) is 3.82. The number of imidazole rings is 1. The molecule has 0 amide bonds. The zero-order valence-electron chi connectivity index (χ0n) is 16.6. The highest BCUT2D eigenvalue weighted by Gasteiger charge is 2.08. The van der Waals surface area contributed by atoms with E-state index >= 15 is 0 Å². The van der Waals surface area contributed by atoms with Crippen molar-refractivity contribution in [1.82, 2.24) is 15.0 Å². The molecular weight excluding hydrogens is 370 g/mol.